The van der Waals surface area contributed by atoms with E-state index in [0.717, 1.165) is 12.1 Å². The SMILES string of the molecule is CC(NS(=O)(=O)c1cc(N)ccc1F)c1ncn[nH]1. The molecule has 1 aromatic heterocycles. The number of hydrogen-bond acceptors (Lipinski definition) is 5. The fraction of sp³-hybridized carbons (Fsp3) is 0.200. The molecule has 102 valence electrons. The van der Waals surface area contributed by atoms with E-state index in [9.17, 15) is 12.8 Å². The molecule has 2 rings (SSSR count). The van der Waals surface area contributed by atoms with Crippen LogP contribution in [0.5, 0.6) is 0 Å². The molecule has 1 atom stereocenters. The second-order valence-corrected chi connectivity index (χ2v) is 5.59. The zero-order chi connectivity index (χ0) is 14.0. The second kappa shape index (κ2) is 4.94. The van der Waals surface area contributed by atoms with Gasteiger partial charge in [-0.2, -0.15) is 5.10 Å². The Bertz CT molecular complexity index is 671. The lowest BCUT2D eigenvalue weighted by Crippen LogP contribution is -2.28. The largest absolute Gasteiger partial charge is 0.399 e. The smallest absolute Gasteiger partial charge is 0.244 e. The Kier molecular flexibility index (Phi) is 3.49. The Labute approximate surface area is 109 Å². The summed E-state index contributed by atoms with van der Waals surface area (Å²) in [6, 6.07) is 2.68. The molecule has 2 aromatic rings. The van der Waals surface area contributed by atoms with Crippen LogP contribution in [0.25, 0.3) is 0 Å². The molecule has 9 heteroatoms. The fourth-order valence-corrected chi connectivity index (χ4v) is 2.82. The summed E-state index contributed by atoms with van der Waals surface area (Å²) < 4.78 is 39.9. The van der Waals surface area contributed by atoms with Crippen molar-refractivity contribution in [3.8, 4) is 0 Å². The van der Waals surface area contributed by atoms with Gasteiger partial charge in [-0.05, 0) is 25.1 Å². The third-order valence-electron chi connectivity index (χ3n) is 2.42. The monoisotopic (exact) mass is 285 g/mol. The summed E-state index contributed by atoms with van der Waals surface area (Å²) in [5, 5.41) is 6.14. The van der Waals surface area contributed by atoms with Gasteiger partial charge in [0, 0.05) is 5.69 Å². The van der Waals surface area contributed by atoms with Crippen molar-refractivity contribution in [1.82, 2.24) is 19.9 Å². The number of benzene rings is 1. The third-order valence-corrected chi connectivity index (χ3v) is 3.98. The minimum absolute atomic E-state index is 0.161. The van der Waals surface area contributed by atoms with Gasteiger partial charge in [0.25, 0.3) is 0 Å². The van der Waals surface area contributed by atoms with Gasteiger partial charge in [0.15, 0.2) is 0 Å². The van der Waals surface area contributed by atoms with Gasteiger partial charge >= 0.3 is 0 Å². The number of hydrogen-bond donors (Lipinski definition) is 3. The highest BCUT2D eigenvalue weighted by Gasteiger charge is 2.23. The number of sulfonamides is 1. The van der Waals surface area contributed by atoms with Crippen LogP contribution in [0.1, 0.15) is 18.8 Å². The van der Waals surface area contributed by atoms with Crippen LogP contribution in [0.15, 0.2) is 29.4 Å². The lowest BCUT2D eigenvalue weighted by molar-refractivity contribution is 0.542. The van der Waals surface area contributed by atoms with E-state index >= 15 is 0 Å². The maximum atomic E-state index is 13.5. The topological polar surface area (TPSA) is 114 Å². The van der Waals surface area contributed by atoms with Crippen molar-refractivity contribution >= 4 is 15.7 Å². The standard InChI is InChI=1S/C10H12FN5O2S/c1-6(10-13-5-14-15-10)16-19(17,18)9-4-7(12)2-3-8(9)11/h2-6,16H,12H2,1H3,(H,13,14,15). The molecule has 19 heavy (non-hydrogen) atoms. The van der Waals surface area contributed by atoms with Crippen molar-refractivity contribution in [3.05, 3.63) is 36.2 Å². The summed E-state index contributed by atoms with van der Waals surface area (Å²) in [4.78, 5) is 3.32. The van der Waals surface area contributed by atoms with E-state index in [1.807, 2.05) is 0 Å². The predicted octanol–water partition coefficient (Wildman–Crippen LogP) is 0.565. The van der Waals surface area contributed by atoms with Crippen molar-refractivity contribution in [1.29, 1.82) is 0 Å². The molecule has 4 N–H and O–H groups in total. The van der Waals surface area contributed by atoms with Gasteiger partial charge in [0.2, 0.25) is 10.0 Å². The van der Waals surface area contributed by atoms with Crippen LogP contribution in [0, 0.1) is 5.82 Å². The van der Waals surface area contributed by atoms with Gasteiger partial charge in [-0.15, -0.1) is 0 Å². The summed E-state index contributed by atoms with van der Waals surface area (Å²) in [6.07, 6.45) is 1.25. The average Bonchev–Trinajstić information content (AvgIpc) is 2.85. The van der Waals surface area contributed by atoms with Crippen LogP contribution in [0.2, 0.25) is 0 Å². The number of anilines is 1. The van der Waals surface area contributed by atoms with Gasteiger partial charge < -0.3 is 5.73 Å². The molecular formula is C10H12FN5O2S. The van der Waals surface area contributed by atoms with E-state index in [4.69, 9.17) is 5.73 Å². The normalized spacial score (nSPS) is 13.4. The van der Waals surface area contributed by atoms with Crippen LogP contribution >= 0.6 is 0 Å². The van der Waals surface area contributed by atoms with Crippen LogP contribution in [-0.4, -0.2) is 23.6 Å². The number of nitrogens with zero attached hydrogens (tertiary/aromatic N) is 2. The zero-order valence-corrected chi connectivity index (χ0v) is 10.8. The first-order valence-corrected chi connectivity index (χ1v) is 6.81. The van der Waals surface area contributed by atoms with Crippen molar-refractivity contribution in [3.63, 3.8) is 0 Å². The summed E-state index contributed by atoms with van der Waals surface area (Å²) in [7, 11) is -4.03. The minimum Gasteiger partial charge on any atom is -0.399 e. The summed E-state index contributed by atoms with van der Waals surface area (Å²) in [5.74, 6) is -0.542. The first kappa shape index (κ1) is 13.4. The Morgan fingerprint density at radius 2 is 2.21 bits per heavy atom. The van der Waals surface area contributed by atoms with Gasteiger partial charge in [-0.1, -0.05) is 0 Å². The highest BCUT2D eigenvalue weighted by Crippen LogP contribution is 2.19. The molecule has 0 aliphatic heterocycles. The van der Waals surface area contributed by atoms with E-state index in [1.165, 1.54) is 12.4 Å². The molecule has 0 saturated heterocycles. The molecule has 0 radical (unpaired) electrons. The van der Waals surface area contributed by atoms with E-state index < -0.39 is 26.8 Å². The molecule has 1 unspecified atom stereocenters. The van der Waals surface area contributed by atoms with Crippen molar-refractivity contribution < 1.29 is 12.8 Å². The van der Waals surface area contributed by atoms with E-state index in [-0.39, 0.29) is 5.69 Å². The second-order valence-electron chi connectivity index (χ2n) is 3.90. The number of aromatic amines is 1. The lowest BCUT2D eigenvalue weighted by Gasteiger charge is -2.12. The van der Waals surface area contributed by atoms with Gasteiger partial charge in [-0.3, -0.25) is 5.10 Å². The number of nitrogens with one attached hydrogen (secondary N) is 2. The summed E-state index contributed by atoms with van der Waals surface area (Å²) >= 11 is 0. The third kappa shape index (κ3) is 2.88. The van der Waals surface area contributed by atoms with Crippen LogP contribution in [0.3, 0.4) is 0 Å². The van der Waals surface area contributed by atoms with Crippen molar-refractivity contribution in [2.24, 2.45) is 0 Å². The number of nitrogen functional groups attached to an aromatic ring is 1. The van der Waals surface area contributed by atoms with Gasteiger partial charge in [0.1, 0.15) is 22.9 Å². The zero-order valence-electron chi connectivity index (χ0n) is 9.96. The molecule has 0 bridgehead atoms. The summed E-state index contributed by atoms with van der Waals surface area (Å²) in [5.41, 5.74) is 5.62. The molecule has 0 saturated carbocycles. The quantitative estimate of drug-likeness (QED) is 0.710. The van der Waals surface area contributed by atoms with Crippen molar-refractivity contribution in [2.45, 2.75) is 17.9 Å². The lowest BCUT2D eigenvalue weighted by atomic mass is 10.3. The molecule has 0 aliphatic rings. The predicted molar refractivity (Wildman–Crippen MR) is 65.9 cm³/mol. The average molecular weight is 285 g/mol. The summed E-state index contributed by atoms with van der Waals surface area (Å²) in [6.45, 7) is 1.56. The van der Waals surface area contributed by atoms with Crippen molar-refractivity contribution in [2.75, 3.05) is 5.73 Å². The number of aromatic nitrogens is 3. The van der Waals surface area contributed by atoms with Crippen LogP contribution in [0.4, 0.5) is 10.1 Å². The van der Waals surface area contributed by atoms with Gasteiger partial charge in [-0.25, -0.2) is 22.5 Å². The minimum atomic E-state index is -4.03. The number of halogens is 1. The molecule has 7 nitrogen and oxygen atoms in total. The Morgan fingerprint density at radius 3 is 2.84 bits per heavy atom. The molecule has 1 heterocycles. The molecule has 1 aromatic carbocycles. The molecule has 0 amide bonds. The molecule has 0 spiro atoms. The Morgan fingerprint density at radius 1 is 1.47 bits per heavy atom. The van der Waals surface area contributed by atoms with E-state index in [1.54, 1.807) is 6.92 Å². The molecule has 0 aliphatic carbocycles. The molecule has 0 fully saturated rings. The first-order chi connectivity index (χ1) is 8.90. The van der Waals surface area contributed by atoms with E-state index in [2.05, 4.69) is 19.9 Å². The van der Waals surface area contributed by atoms with Crippen LogP contribution < -0.4 is 10.5 Å². The maximum Gasteiger partial charge on any atom is 0.244 e. The number of nitrogens with two attached hydrogens (primary N) is 1. The van der Waals surface area contributed by atoms with E-state index in [0.29, 0.717) is 5.82 Å². The highest BCUT2D eigenvalue weighted by atomic mass is 32.2. The number of H-pyrrole nitrogens is 1. The van der Waals surface area contributed by atoms with Crippen LogP contribution in [-0.2, 0) is 10.0 Å². The molecular weight excluding hydrogens is 273 g/mol. The maximum absolute atomic E-state index is 13.5. The highest BCUT2D eigenvalue weighted by molar-refractivity contribution is 7.89. The fourth-order valence-electron chi connectivity index (χ4n) is 1.50. The Balaban J connectivity index is 2.30. The van der Waals surface area contributed by atoms with Gasteiger partial charge in [0.05, 0.1) is 6.04 Å². The first-order valence-electron chi connectivity index (χ1n) is 5.33. The Hall–Kier alpha value is -2.00. The number of rotatable bonds is 4.